The van der Waals surface area contributed by atoms with Crippen molar-refractivity contribution in [2.45, 2.75) is 365 Å². The smallest absolute Gasteiger partial charge is 0.306 e. The lowest BCUT2D eigenvalue weighted by Gasteiger charge is -2.41. The second kappa shape index (κ2) is 52.1. The van der Waals surface area contributed by atoms with Crippen molar-refractivity contribution in [3.05, 3.63) is 12.2 Å². The highest BCUT2D eigenvalue weighted by atomic mass is 16.7. The summed E-state index contributed by atoms with van der Waals surface area (Å²) in [6.07, 6.45) is 48.4. The van der Waals surface area contributed by atoms with Gasteiger partial charge in [-0.1, -0.05) is 296 Å². The van der Waals surface area contributed by atoms with Gasteiger partial charge in [0.2, 0.25) is 5.91 Å². The topological polar surface area (TPSA) is 175 Å². The molecule has 8 unspecified atom stereocenters. The molecular formula is C63H121NO10. The molecule has 0 aromatic rings. The molecule has 0 bridgehead atoms. The maximum atomic E-state index is 13.3. The lowest BCUT2D eigenvalue weighted by molar-refractivity contribution is -0.305. The molecule has 0 aliphatic carbocycles. The van der Waals surface area contributed by atoms with Gasteiger partial charge in [0.15, 0.2) is 12.4 Å². The molecule has 0 saturated carbocycles. The van der Waals surface area contributed by atoms with E-state index in [1.807, 2.05) is 6.08 Å². The molecule has 1 heterocycles. The van der Waals surface area contributed by atoms with Gasteiger partial charge in [-0.25, -0.2) is 0 Å². The zero-order chi connectivity index (χ0) is 54.0. The van der Waals surface area contributed by atoms with Gasteiger partial charge in [-0.15, -0.1) is 0 Å². The van der Waals surface area contributed by atoms with E-state index in [0.717, 1.165) is 57.8 Å². The molecule has 438 valence electrons. The van der Waals surface area contributed by atoms with Crippen LogP contribution in [0.4, 0.5) is 0 Å². The second-order valence-corrected chi connectivity index (χ2v) is 22.5. The van der Waals surface area contributed by atoms with E-state index >= 15 is 0 Å². The summed E-state index contributed by atoms with van der Waals surface area (Å²) in [5.74, 6) is -1.18. The number of unbranched alkanes of at least 4 members (excludes halogenated alkanes) is 41. The first-order chi connectivity index (χ1) is 36.2. The van der Waals surface area contributed by atoms with Gasteiger partial charge in [0.05, 0.1) is 25.4 Å². The van der Waals surface area contributed by atoms with Crippen LogP contribution in [0.25, 0.3) is 0 Å². The first-order valence-electron chi connectivity index (χ1n) is 32.0. The van der Waals surface area contributed by atoms with Gasteiger partial charge in [0.1, 0.15) is 24.4 Å². The van der Waals surface area contributed by atoms with Crippen molar-refractivity contribution in [1.82, 2.24) is 5.32 Å². The minimum atomic E-state index is -1.61. The van der Waals surface area contributed by atoms with Crippen molar-refractivity contribution >= 4 is 11.9 Å². The summed E-state index contributed by atoms with van der Waals surface area (Å²) >= 11 is 0. The van der Waals surface area contributed by atoms with E-state index in [9.17, 15) is 35.1 Å². The lowest BCUT2D eigenvalue weighted by atomic mass is 9.99. The summed E-state index contributed by atoms with van der Waals surface area (Å²) in [5.41, 5.74) is 0. The van der Waals surface area contributed by atoms with Crippen molar-refractivity contribution in [3.8, 4) is 0 Å². The Hall–Kier alpha value is -1.60. The number of amides is 1. The Labute approximate surface area is 455 Å². The van der Waals surface area contributed by atoms with E-state index in [2.05, 4.69) is 26.1 Å². The molecule has 1 saturated heterocycles. The largest absolute Gasteiger partial charge is 0.454 e. The maximum absolute atomic E-state index is 13.3. The minimum Gasteiger partial charge on any atom is -0.454 e. The Kier molecular flexibility index (Phi) is 49.6. The molecule has 0 spiro atoms. The average molecular weight is 1050 g/mol. The number of hydrogen-bond donors (Lipinski definition) is 6. The van der Waals surface area contributed by atoms with Gasteiger partial charge >= 0.3 is 5.97 Å². The Bertz CT molecular complexity index is 1250. The predicted octanol–water partition coefficient (Wildman–Crippen LogP) is 15.1. The van der Waals surface area contributed by atoms with Crippen LogP contribution < -0.4 is 5.32 Å². The third-order valence-corrected chi connectivity index (χ3v) is 15.4. The van der Waals surface area contributed by atoms with E-state index in [1.165, 1.54) is 212 Å². The first-order valence-corrected chi connectivity index (χ1v) is 32.0. The first kappa shape index (κ1) is 70.4. The highest BCUT2D eigenvalue weighted by Gasteiger charge is 2.47. The number of hydrogen-bond acceptors (Lipinski definition) is 10. The fourth-order valence-corrected chi connectivity index (χ4v) is 10.4. The van der Waals surface area contributed by atoms with Crippen LogP contribution >= 0.6 is 0 Å². The summed E-state index contributed by atoms with van der Waals surface area (Å²) in [5, 5.41) is 56.9. The van der Waals surface area contributed by atoms with Crippen LogP contribution in [0.2, 0.25) is 0 Å². The lowest BCUT2D eigenvalue weighted by Crippen LogP contribution is -2.61. The number of allylic oxidation sites excluding steroid dienone is 1. The molecule has 1 rings (SSSR count). The summed E-state index contributed by atoms with van der Waals surface area (Å²) in [6.45, 7) is 5.80. The van der Waals surface area contributed by atoms with Gasteiger partial charge < -0.3 is 45.1 Å². The monoisotopic (exact) mass is 1050 g/mol. The van der Waals surface area contributed by atoms with Crippen LogP contribution in [0, 0.1) is 0 Å². The van der Waals surface area contributed by atoms with E-state index in [4.69, 9.17) is 14.2 Å². The number of rotatable bonds is 55. The molecule has 11 heteroatoms. The van der Waals surface area contributed by atoms with Crippen molar-refractivity contribution < 1.29 is 49.3 Å². The zero-order valence-electron chi connectivity index (χ0n) is 48.5. The van der Waals surface area contributed by atoms with E-state index in [-0.39, 0.29) is 13.0 Å². The third-order valence-electron chi connectivity index (χ3n) is 15.4. The summed E-state index contributed by atoms with van der Waals surface area (Å²) in [6, 6.07) is -1.01. The summed E-state index contributed by atoms with van der Waals surface area (Å²) in [7, 11) is 0. The quantitative estimate of drug-likeness (QED) is 0.0195. The molecule has 0 aromatic heterocycles. The number of carbonyl (C=O) groups is 2. The Balaban J connectivity index is 2.56. The molecule has 6 N–H and O–H groups in total. The predicted molar refractivity (Wildman–Crippen MR) is 306 cm³/mol. The number of esters is 1. The Morgan fingerprint density at radius 1 is 0.514 bits per heavy atom. The molecule has 0 radical (unpaired) electrons. The summed E-state index contributed by atoms with van der Waals surface area (Å²) in [4.78, 5) is 26.5. The van der Waals surface area contributed by atoms with Gasteiger partial charge in [-0.2, -0.15) is 0 Å². The molecule has 1 amide bonds. The molecule has 74 heavy (non-hydrogen) atoms. The minimum absolute atomic E-state index is 0.132. The average Bonchev–Trinajstić information content (AvgIpc) is 3.40. The van der Waals surface area contributed by atoms with E-state index in [1.54, 1.807) is 6.08 Å². The fourth-order valence-electron chi connectivity index (χ4n) is 10.4. The van der Waals surface area contributed by atoms with Crippen LogP contribution in [0.15, 0.2) is 12.2 Å². The van der Waals surface area contributed by atoms with Crippen LogP contribution in [0.5, 0.6) is 0 Å². The van der Waals surface area contributed by atoms with Gasteiger partial charge in [-0.3, -0.25) is 9.59 Å². The number of aliphatic hydroxyl groups excluding tert-OH is 5. The SMILES string of the molecule is CCCCCCCCCCCC/C=C/C(O)C(COC1OC(CO)C(O)C(O)C1OC(=O)CCCCCCCCCCCCCCCCCCCCCCCCC)NC(=O)C(O)CCCCCCCCCCCC. The van der Waals surface area contributed by atoms with Gasteiger partial charge in [0, 0.05) is 6.42 Å². The normalized spacial score (nSPS) is 19.3. The number of carbonyl (C=O) groups excluding carboxylic acids is 2. The third kappa shape index (κ3) is 39.7. The molecule has 11 nitrogen and oxygen atoms in total. The number of ether oxygens (including phenoxy) is 3. The molecular weight excluding hydrogens is 931 g/mol. The van der Waals surface area contributed by atoms with Crippen LogP contribution in [-0.4, -0.2) is 99.6 Å². The van der Waals surface area contributed by atoms with Crippen LogP contribution in [0.3, 0.4) is 0 Å². The number of aliphatic hydroxyl groups is 5. The summed E-state index contributed by atoms with van der Waals surface area (Å²) < 4.78 is 17.6. The Morgan fingerprint density at radius 2 is 0.878 bits per heavy atom. The molecule has 1 fully saturated rings. The van der Waals surface area contributed by atoms with Crippen LogP contribution in [-0.2, 0) is 23.8 Å². The van der Waals surface area contributed by atoms with E-state index in [0.29, 0.717) is 19.3 Å². The van der Waals surface area contributed by atoms with Gasteiger partial charge in [-0.05, 0) is 25.7 Å². The van der Waals surface area contributed by atoms with Crippen molar-refractivity contribution in [2.24, 2.45) is 0 Å². The van der Waals surface area contributed by atoms with E-state index < -0.39 is 67.4 Å². The van der Waals surface area contributed by atoms with Crippen molar-refractivity contribution in [2.75, 3.05) is 13.2 Å². The van der Waals surface area contributed by atoms with Crippen molar-refractivity contribution in [1.29, 1.82) is 0 Å². The maximum Gasteiger partial charge on any atom is 0.306 e. The van der Waals surface area contributed by atoms with Crippen LogP contribution in [0.1, 0.15) is 316 Å². The standard InChI is InChI=1S/C63H121NO10/c1-4-7-10-13-16-19-22-24-25-26-27-28-29-30-31-32-33-34-36-39-42-45-48-51-58(68)74-61-60(70)59(69)57(52-65)73-63(61)72-53-54(55(66)49-46-43-40-38-35-23-20-17-14-11-8-5-2)64-62(71)56(67)50-47-44-41-37-21-18-15-12-9-6-3/h46,49,54-57,59-61,63,65-67,69-70H,4-45,47-48,50-53H2,1-3H3,(H,64,71)/b49-46+. The highest BCUT2D eigenvalue weighted by molar-refractivity contribution is 5.80. The molecule has 0 aromatic carbocycles. The molecule has 8 atom stereocenters. The molecule has 1 aliphatic rings. The number of nitrogens with one attached hydrogen (secondary N) is 1. The zero-order valence-corrected chi connectivity index (χ0v) is 48.5. The van der Waals surface area contributed by atoms with Gasteiger partial charge in [0.25, 0.3) is 0 Å². The fraction of sp³-hybridized carbons (Fsp3) is 0.937. The second-order valence-electron chi connectivity index (χ2n) is 22.5. The Morgan fingerprint density at radius 3 is 1.27 bits per heavy atom. The molecule has 1 aliphatic heterocycles. The highest BCUT2D eigenvalue weighted by Crippen LogP contribution is 2.26. The van der Waals surface area contributed by atoms with Crippen molar-refractivity contribution in [3.63, 3.8) is 0 Å².